The maximum atomic E-state index is 13.0. The van der Waals surface area contributed by atoms with Crippen LogP contribution in [0.15, 0.2) is 30.5 Å². The number of hydrogen-bond acceptors (Lipinski definition) is 4. The zero-order chi connectivity index (χ0) is 13.7. The van der Waals surface area contributed by atoms with Gasteiger partial charge in [0.05, 0.1) is 13.3 Å². The summed E-state index contributed by atoms with van der Waals surface area (Å²) in [6.07, 6.45) is 2.14. The molecular weight excluding hydrogens is 269 g/mol. The third-order valence-corrected chi connectivity index (χ3v) is 2.78. The first-order valence-electron chi connectivity index (χ1n) is 5.74. The van der Waals surface area contributed by atoms with Crippen molar-refractivity contribution in [2.24, 2.45) is 0 Å². The van der Waals surface area contributed by atoms with Gasteiger partial charge >= 0.3 is 6.01 Å². The van der Waals surface area contributed by atoms with Crippen molar-refractivity contribution in [2.45, 2.75) is 6.42 Å². The minimum Gasteiger partial charge on any atom is -0.467 e. The average molecular weight is 282 g/mol. The van der Waals surface area contributed by atoms with Crippen molar-refractivity contribution in [1.82, 2.24) is 9.97 Å². The van der Waals surface area contributed by atoms with Gasteiger partial charge in [-0.05, 0) is 24.1 Å². The molecule has 2 rings (SSSR count). The molecule has 6 heteroatoms. The molecule has 0 aliphatic rings. The number of aromatic nitrogens is 2. The van der Waals surface area contributed by atoms with Crippen LogP contribution in [-0.2, 0) is 6.42 Å². The molecule has 0 fully saturated rings. The summed E-state index contributed by atoms with van der Waals surface area (Å²) in [6.45, 7) is 0.587. The van der Waals surface area contributed by atoms with Gasteiger partial charge in [-0.25, -0.2) is 9.37 Å². The predicted molar refractivity (Wildman–Crippen MR) is 72.2 cm³/mol. The standard InChI is InChI=1S/C13H13ClFN3O/c1-19-13-17-8-11(14)12(18-13)16-6-5-9-3-2-4-10(15)7-9/h2-4,7-8H,5-6H2,1H3,(H,16,17,18). The Kier molecular flexibility index (Phi) is 4.52. The Hall–Kier alpha value is -1.88. The van der Waals surface area contributed by atoms with E-state index in [1.165, 1.54) is 25.4 Å². The Morgan fingerprint density at radius 2 is 2.26 bits per heavy atom. The highest BCUT2D eigenvalue weighted by Crippen LogP contribution is 2.20. The molecule has 0 saturated carbocycles. The van der Waals surface area contributed by atoms with E-state index in [1.807, 2.05) is 6.07 Å². The van der Waals surface area contributed by atoms with E-state index >= 15 is 0 Å². The lowest BCUT2D eigenvalue weighted by molar-refractivity contribution is 0.380. The Morgan fingerprint density at radius 1 is 1.42 bits per heavy atom. The van der Waals surface area contributed by atoms with Crippen LogP contribution in [0.4, 0.5) is 10.2 Å². The molecule has 1 aromatic carbocycles. The monoisotopic (exact) mass is 281 g/mol. The van der Waals surface area contributed by atoms with E-state index in [2.05, 4.69) is 15.3 Å². The van der Waals surface area contributed by atoms with E-state index in [1.54, 1.807) is 6.07 Å². The maximum absolute atomic E-state index is 13.0. The van der Waals surface area contributed by atoms with Crippen molar-refractivity contribution in [1.29, 1.82) is 0 Å². The van der Waals surface area contributed by atoms with Crippen LogP contribution in [0, 0.1) is 5.82 Å². The molecule has 2 aromatic rings. The van der Waals surface area contributed by atoms with Crippen LogP contribution in [0.1, 0.15) is 5.56 Å². The Balaban J connectivity index is 1.95. The van der Waals surface area contributed by atoms with Gasteiger partial charge in [-0.3, -0.25) is 0 Å². The van der Waals surface area contributed by atoms with Gasteiger partial charge < -0.3 is 10.1 Å². The Bertz CT molecular complexity index is 565. The van der Waals surface area contributed by atoms with Crippen LogP contribution >= 0.6 is 11.6 Å². The summed E-state index contributed by atoms with van der Waals surface area (Å²) in [4.78, 5) is 7.97. The molecule has 0 saturated heterocycles. The van der Waals surface area contributed by atoms with Gasteiger partial charge in [0.2, 0.25) is 0 Å². The van der Waals surface area contributed by atoms with Gasteiger partial charge in [0.25, 0.3) is 0 Å². The minimum absolute atomic E-state index is 0.237. The summed E-state index contributed by atoms with van der Waals surface area (Å²) < 4.78 is 17.9. The van der Waals surface area contributed by atoms with Crippen LogP contribution in [0.25, 0.3) is 0 Å². The second-order valence-corrected chi connectivity index (χ2v) is 4.27. The number of nitrogens with one attached hydrogen (secondary N) is 1. The van der Waals surface area contributed by atoms with E-state index in [0.717, 1.165) is 5.56 Å². The quantitative estimate of drug-likeness (QED) is 0.915. The first kappa shape index (κ1) is 13.5. The summed E-state index contributed by atoms with van der Waals surface area (Å²) in [7, 11) is 1.49. The molecule has 0 radical (unpaired) electrons. The van der Waals surface area contributed by atoms with E-state index < -0.39 is 0 Å². The fraction of sp³-hybridized carbons (Fsp3) is 0.231. The van der Waals surface area contributed by atoms with Crippen molar-refractivity contribution in [3.63, 3.8) is 0 Å². The fourth-order valence-electron chi connectivity index (χ4n) is 1.59. The zero-order valence-electron chi connectivity index (χ0n) is 10.4. The number of anilines is 1. The molecule has 1 aromatic heterocycles. The third kappa shape index (κ3) is 3.79. The van der Waals surface area contributed by atoms with Crippen LogP contribution in [0.5, 0.6) is 6.01 Å². The first-order chi connectivity index (χ1) is 9.19. The zero-order valence-corrected chi connectivity index (χ0v) is 11.1. The average Bonchev–Trinajstić information content (AvgIpc) is 2.41. The molecule has 0 spiro atoms. The molecule has 0 aliphatic heterocycles. The second kappa shape index (κ2) is 6.33. The highest BCUT2D eigenvalue weighted by molar-refractivity contribution is 6.32. The van der Waals surface area contributed by atoms with Gasteiger partial charge in [0, 0.05) is 6.54 Å². The summed E-state index contributed by atoms with van der Waals surface area (Å²) in [5.41, 5.74) is 0.907. The van der Waals surface area contributed by atoms with Crippen LogP contribution in [0.3, 0.4) is 0 Å². The van der Waals surface area contributed by atoms with Gasteiger partial charge in [0.15, 0.2) is 5.82 Å². The lowest BCUT2D eigenvalue weighted by atomic mass is 10.1. The smallest absolute Gasteiger partial charge is 0.318 e. The van der Waals surface area contributed by atoms with Crippen LogP contribution in [-0.4, -0.2) is 23.6 Å². The lowest BCUT2D eigenvalue weighted by Crippen LogP contribution is -2.08. The molecule has 19 heavy (non-hydrogen) atoms. The number of methoxy groups -OCH3 is 1. The number of hydrogen-bond donors (Lipinski definition) is 1. The number of nitrogens with zero attached hydrogens (tertiary/aromatic N) is 2. The number of halogens is 2. The fourth-order valence-corrected chi connectivity index (χ4v) is 1.75. The summed E-state index contributed by atoms with van der Waals surface area (Å²) >= 11 is 5.96. The van der Waals surface area contributed by atoms with Crippen molar-refractivity contribution in [3.05, 3.63) is 46.9 Å². The molecule has 1 heterocycles. The topological polar surface area (TPSA) is 47.0 Å². The Morgan fingerprint density at radius 3 is 3.00 bits per heavy atom. The van der Waals surface area contributed by atoms with Crippen molar-refractivity contribution >= 4 is 17.4 Å². The molecule has 0 unspecified atom stereocenters. The highest BCUT2D eigenvalue weighted by atomic mass is 35.5. The summed E-state index contributed by atoms with van der Waals surface area (Å²) in [5.74, 6) is 0.268. The summed E-state index contributed by atoms with van der Waals surface area (Å²) in [5, 5.41) is 3.49. The van der Waals surface area contributed by atoms with Crippen LogP contribution < -0.4 is 10.1 Å². The lowest BCUT2D eigenvalue weighted by Gasteiger charge is -2.08. The maximum Gasteiger partial charge on any atom is 0.318 e. The molecule has 0 amide bonds. The highest BCUT2D eigenvalue weighted by Gasteiger charge is 2.05. The molecule has 100 valence electrons. The Labute approximate surface area is 115 Å². The van der Waals surface area contributed by atoms with E-state index in [9.17, 15) is 4.39 Å². The first-order valence-corrected chi connectivity index (χ1v) is 6.11. The van der Waals surface area contributed by atoms with E-state index in [-0.39, 0.29) is 11.8 Å². The van der Waals surface area contributed by atoms with Gasteiger partial charge in [0.1, 0.15) is 10.8 Å². The number of benzene rings is 1. The molecule has 0 aliphatic carbocycles. The number of rotatable bonds is 5. The largest absolute Gasteiger partial charge is 0.467 e. The molecular formula is C13H13ClFN3O. The SMILES string of the molecule is COc1ncc(Cl)c(NCCc2cccc(F)c2)n1. The van der Waals surface area contributed by atoms with Gasteiger partial charge in [-0.2, -0.15) is 4.98 Å². The van der Waals surface area contributed by atoms with Crippen molar-refractivity contribution in [2.75, 3.05) is 19.0 Å². The molecule has 0 bridgehead atoms. The van der Waals surface area contributed by atoms with Gasteiger partial charge in [-0.1, -0.05) is 23.7 Å². The van der Waals surface area contributed by atoms with Gasteiger partial charge in [-0.15, -0.1) is 0 Å². The summed E-state index contributed by atoms with van der Waals surface area (Å²) in [6, 6.07) is 6.73. The van der Waals surface area contributed by atoms with E-state index in [4.69, 9.17) is 16.3 Å². The minimum atomic E-state index is -0.237. The van der Waals surface area contributed by atoms with Crippen molar-refractivity contribution in [3.8, 4) is 6.01 Å². The normalized spacial score (nSPS) is 10.3. The van der Waals surface area contributed by atoms with Crippen LogP contribution in [0.2, 0.25) is 5.02 Å². The van der Waals surface area contributed by atoms with E-state index in [0.29, 0.717) is 23.8 Å². The molecule has 4 nitrogen and oxygen atoms in total. The van der Waals surface area contributed by atoms with Crippen molar-refractivity contribution < 1.29 is 9.13 Å². The molecule has 0 atom stereocenters. The third-order valence-electron chi connectivity index (χ3n) is 2.50. The predicted octanol–water partition coefficient (Wildman–Crippen LogP) is 2.93. The second-order valence-electron chi connectivity index (χ2n) is 3.86. The molecule has 1 N–H and O–H groups in total. The number of ether oxygens (including phenoxy) is 1.